The van der Waals surface area contributed by atoms with Crippen LogP contribution in [0, 0.1) is 0 Å². The maximum absolute atomic E-state index is 10.8. The molecule has 0 aromatic heterocycles. The van der Waals surface area contributed by atoms with Crippen LogP contribution in [0.15, 0.2) is 5.16 Å². The van der Waals surface area contributed by atoms with Crippen LogP contribution in [0.3, 0.4) is 0 Å². The Morgan fingerprint density at radius 1 is 1.07 bits per heavy atom. The largest absolute Gasteiger partial charge is 0.466 e. The van der Waals surface area contributed by atoms with E-state index in [1.807, 2.05) is 6.26 Å². The molecule has 1 rings (SSSR count). The van der Waals surface area contributed by atoms with Crippen molar-refractivity contribution in [2.75, 3.05) is 18.6 Å². The first-order valence-corrected chi connectivity index (χ1v) is 12.5. The van der Waals surface area contributed by atoms with Crippen LogP contribution in [0.25, 0.3) is 0 Å². The van der Waals surface area contributed by atoms with Crippen LogP contribution >= 0.6 is 23.5 Å². The number of aliphatic hydroxyl groups is 4. The normalized spacial score (nSPS) is 29.1. The highest BCUT2D eigenvalue weighted by atomic mass is 32.3. The van der Waals surface area contributed by atoms with Gasteiger partial charge in [-0.05, 0) is 31.3 Å². The van der Waals surface area contributed by atoms with E-state index in [9.17, 15) is 28.8 Å². The second kappa shape index (κ2) is 13.2. The standard InChI is InChI=1S/C15H29NO9S3/c1-26-8-6-4-2-3-5-7-11(16-25-28(21,22)23)27-15-14(20)13(19)12(18)10(9-17)24-15/h10,12-15,17-20H,2-9H2,1H3,(H,21,22,23)/b16-11+/t10-,12-,13-,14-,15+/m1/s1. The van der Waals surface area contributed by atoms with Gasteiger partial charge in [0.1, 0.15) is 34.9 Å². The fourth-order valence-electron chi connectivity index (χ4n) is 2.57. The first-order chi connectivity index (χ1) is 13.2. The molecule has 28 heavy (non-hydrogen) atoms. The van der Waals surface area contributed by atoms with Crippen molar-refractivity contribution in [1.29, 1.82) is 0 Å². The number of hydrogen-bond donors (Lipinski definition) is 5. The molecule has 0 saturated carbocycles. The summed E-state index contributed by atoms with van der Waals surface area (Å²) in [5.41, 5.74) is -1.11. The van der Waals surface area contributed by atoms with Gasteiger partial charge in [-0.15, -0.1) is 0 Å². The Labute approximate surface area is 173 Å². The number of unbranched alkanes of at least 4 members (excludes halogenated alkanes) is 4. The molecular formula is C15H29NO9S3. The van der Waals surface area contributed by atoms with Crippen LogP contribution in [0.2, 0.25) is 0 Å². The van der Waals surface area contributed by atoms with Crippen LogP contribution in [0.1, 0.15) is 38.5 Å². The van der Waals surface area contributed by atoms with Crippen molar-refractivity contribution in [3.8, 4) is 0 Å². The molecule has 0 spiro atoms. The van der Waals surface area contributed by atoms with E-state index >= 15 is 0 Å². The summed E-state index contributed by atoms with van der Waals surface area (Å²) in [5.74, 6) is 1.10. The third-order valence-corrected chi connectivity index (χ3v) is 6.21. The van der Waals surface area contributed by atoms with Gasteiger partial charge in [0.25, 0.3) is 0 Å². The van der Waals surface area contributed by atoms with E-state index in [2.05, 4.69) is 9.44 Å². The van der Waals surface area contributed by atoms with Gasteiger partial charge < -0.3 is 25.2 Å². The lowest BCUT2D eigenvalue weighted by Gasteiger charge is -2.39. The Hall–Kier alpha value is -0.120. The molecule has 166 valence electrons. The predicted molar refractivity (Wildman–Crippen MR) is 108 cm³/mol. The first-order valence-electron chi connectivity index (χ1n) is 8.88. The molecule has 1 fully saturated rings. The zero-order chi connectivity index (χ0) is 21.2. The molecule has 0 bridgehead atoms. The summed E-state index contributed by atoms with van der Waals surface area (Å²) in [7, 11) is -4.79. The van der Waals surface area contributed by atoms with E-state index in [4.69, 9.17) is 9.29 Å². The van der Waals surface area contributed by atoms with Crippen LogP contribution in [-0.2, 0) is 19.4 Å². The number of nitrogens with zero attached hydrogens (tertiary/aromatic N) is 1. The highest BCUT2D eigenvalue weighted by Crippen LogP contribution is 2.30. The highest BCUT2D eigenvalue weighted by Gasteiger charge is 2.44. The van der Waals surface area contributed by atoms with Crippen molar-refractivity contribution in [3.05, 3.63) is 0 Å². The molecule has 5 atom stereocenters. The fraction of sp³-hybridized carbons (Fsp3) is 0.933. The molecule has 0 amide bonds. The lowest BCUT2D eigenvalue weighted by atomic mass is 10.0. The SMILES string of the molecule is CSCCCCCCC/C(=N\OS(=O)(=O)O)S[C@@H]1O[C@H](CO)[C@@H](O)[C@@H](O)[C@H]1O. The van der Waals surface area contributed by atoms with Crippen LogP contribution in [0.5, 0.6) is 0 Å². The van der Waals surface area contributed by atoms with Gasteiger partial charge in [0, 0.05) is 0 Å². The summed E-state index contributed by atoms with van der Waals surface area (Å²) < 4.78 is 39.7. The van der Waals surface area contributed by atoms with Crippen molar-refractivity contribution in [3.63, 3.8) is 0 Å². The molecule has 0 radical (unpaired) electrons. The summed E-state index contributed by atoms with van der Waals surface area (Å²) in [6, 6.07) is 0. The number of hydrogen-bond acceptors (Lipinski definition) is 11. The Balaban J connectivity index is 2.66. The quantitative estimate of drug-likeness (QED) is 0.0891. The predicted octanol–water partition coefficient (Wildman–Crippen LogP) is 0.356. The number of thioether (sulfide) groups is 2. The van der Waals surface area contributed by atoms with Gasteiger partial charge in [-0.3, -0.25) is 4.55 Å². The summed E-state index contributed by atoms with van der Waals surface area (Å²) in [4.78, 5) is 0. The number of rotatable bonds is 12. The van der Waals surface area contributed by atoms with E-state index in [1.165, 1.54) is 0 Å². The van der Waals surface area contributed by atoms with E-state index in [-0.39, 0.29) is 5.04 Å². The molecule has 1 saturated heterocycles. The van der Waals surface area contributed by atoms with Gasteiger partial charge in [0.15, 0.2) is 0 Å². The van der Waals surface area contributed by atoms with Gasteiger partial charge in [0.2, 0.25) is 0 Å². The zero-order valence-electron chi connectivity index (χ0n) is 15.6. The van der Waals surface area contributed by atoms with Crippen LogP contribution in [0.4, 0.5) is 0 Å². The van der Waals surface area contributed by atoms with Crippen LogP contribution in [-0.4, -0.2) is 86.9 Å². The van der Waals surface area contributed by atoms with E-state index in [1.54, 1.807) is 11.8 Å². The van der Waals surface area contributed by atoms with Gasteiger partial charge >= 0.3 is 10.4 Å². The second-order valence-corrected chi connectivity index (χ2v) is 9.47. The molecule has 1 aliphatic heterocycles. The average molecular weight is 464 g/mol. The highest BCUT2D eigenvalue weighted by molar-refractivity contribution is 8.14. The third-order valence-electron chi connectivity index (χ3n) is 4.07. The lowest BCUT2D eigenvalue weighted by molar-refractivity contribution is -0.205. The first kappa shape index (κ1) is 25.9. The summed E-state index contributed by atoms with van der Waals surface area (Å²) in [6.45, 7) is -0.577. The minimum Gasteiger partial charge on any atom is -0.394 e. The molecule has 0 unspecified atom stereocenters. The van der Waals surface area contributed by atoms with E-state index < -0.39 is 46.9 Å². The Morgan fingerprint density at radius 2 is 1.71 bits per heavy atom. The van der Waals surface area contributed by atoms with Gasteiger partial charge in [-0.1, -0.05) is 36.2 Å². The van der Waals surface area contributed by atoms with Crippen LogP contribution < -0.4 is 0 Å². The number of ether oxygens (including phenoxy) is 1. The number of aliphatic hydroxyl groups excluding tert-OH is 4. The molecular weight excluding hydrogens is 434 g/mol. The molecule has 10 nitrogen and oxygen atoms in total. The molecule has 5 N–H and O–H groups in total. The lowest BCUT2D eigenvalue weighted by Crippen LogP contribution is -2.57. The van der Waals surface area contributed by atoms with Crippen molar-refractivity contribution in [1.82, 2.24) is 0 Å². The minimum absolute atomic E-state index is 0.131. The fourth-order valence-corrected chi connectivity index (χ4v) is 4.40. The minimum atomic E-state index is -4.79. The maximum Gasteiger partial charge on any atom is 0.466 e. The monoisotopic (exact) mass is 463 g/mol. The van der Waals surface area contributed by atoms with Crippen molar-refractivity contribution < 1.29 is 42.4 Å². The molecule has 0 aliphatic carbocycles. The summed E-state index contributed by atoms with van der Waals surface area (Å²) in [5, 5.41) is 42.5. The molecule has 1 heterocycles. The Bertz CT molecular complexity index is 573. The van der Waals surface area contributed by atoms with Crippen molar-refractivity contribution >= 4 is 39.0 Å². The Kier molecular flexibility index (Phi) is 12.3. The van der Waals surface area contributed by atoms with Gasteiger partial charge in [-0.25, -0.2) is 4.28 Å². The third kappa shape index (κ3) is 9.59. The second-order valence-electron chi connectivity index (χ2n) is 6.31. The zero-order valence-corrected chi connectivity index (χ0v) is 18.0. The van der Waals surface area contributed by atoms with Gasteiger partial charge in [-0.2, -0.15) is 20.2 Å². The summed E-state index contributed by atoms with van der Waals surface area (Å²) >= 11 is 2.59. The van der Waals surface area contributed by atoms with Crippen molar-refractivity contribution in [2.45, 2.75) is 68.4 Å². The summed E-state index contributed by atoms with van der Waals surface area (Å²) in [6.07, 6.45) is 1.45. The van der Waals surface area contributed by atoms with Crippen molar-refractivity contribution in [2.24, 2.45) is 5.16 Å². The molecule has 1 aliphatic rings. The Morgan fingerprint density at radius 3 is 2.32 bits per heavy atom. The van der Waals surface area contributed by atoms with E-state index in [0.29, 0.717) is 12.8 Å². The van der Waals surface area contributed by atoms with E-state index in [0.717, 1.165) is 43.2 Å². The average Bonchev–Trinajstić information content (AvgIpc) is 2.64. The molecule has 0 aromatic rings. The maximum atomic E-state index is 10.8. The molecule has 13 heteroatoms. The topological polar surface area (TPSA) is 166 Å². The van der Waals surface area contributed by atoms with Gasteiger partial charge in [0.05, 0.1) is 6.61 Å². The smallest absolute Gasteiger partial charge is 0.394 e. The molecule has 0 aromatic carbocycles. The number of oxime groups is 1.